The van der Waals surface area contributed by atoms with Crippen molar-refractivity contribution in [2.45, 2.75) is 65.7 Å². The fraction of sp³-hybridized carbons (Fsp3) is 0.955. The van der Waals surface area contributed by atoms with E-state index in [4.69, 9.17) is 0 Å². The molecule has 0 spiro atoms. The molecular weight excluding hydrogens is 461 g/mol. The molecule has 0 aromatic carbocycles. The molecule has 28 heavy (non-hydrogen) atoms. The van der Waals surface area contributed by atoms with Gasteiger partial charge in [0.1, 0.15) is 0 Å². The second kappa shape index (κ2) is 14.0. The smallest absolute Gasteiger partial charge is 0.190 e. The van der Waals surface area contributed by atoms with Crippen molar-refractivity contribution in [1.82, 2.24) is 20.4 Å². The molecule has 2 N–H and O–H groups in total. The highest BCUT2D eigenvalue weighted by atomic mass is 127. The highest BCUT2D eigenvalue weighted by Gasteiger charge is 2.34. The van der Waals surface area contributed by atoms with Crippen LogP contribution >= 0.6 is 24.0 Å². The van der Waals surface area contributed by atoms with E-state index in [-0.39, 0.29) is 24.0 Å². The number of unbranched alkanes of at least 4 members (excludes halogenated alkanes) is 1. The molecule has 0 aromatic rings. The van der Waals surface area contributed by atoms with Gasteiger partial charge in [-0.1, -0.05) is 33.6 Å². The molecule has 166 valence electrons. The summed E-state index contributed by atoms with van der Waals surface area (Å²) in [6.45, 7) is 16.5. The van der Waals surface area contributed by atoms with Crippen LogP contribution in [0.5, 0.6) is 0 Å². The summed E-state index contributed by atoms with van der Waals surface area (Å²) in [4.78, 5) is 9.61. The third-order valence-electron chi connectivity index (χ3n) is 6.47. The lowest BCUT2D eigenvalue weighted by Gasteiger charge is -2.34. The zero-order valence-electron chi connectivity index (χ0n) is 18.9. The van der Waals surface area contributed by atoms with Crippen LogP contribution in [-0.2, 0) is 0 Å². The summed E-state index contributed by atoms with van der Waals surface area (Å²) in [5, 5.41) is 7.16. The number of guanidine groups is 1. The Morgan fingerprint density at radius 3 is 2.21 bits per heavy atom. The SMILES string of the molecule is CCN1CCN(CCCCNC(=NC)NCC2(CC(C)C)CCCC2)CC1.I. The van der Waals surface area contributed by atoms with Gasteiger partial charge in [-0.05, 0) is 56.5 Å². The van der Waals surface area contributed by atoms with Gasteiger partial charge < -0.3 is 20.4 Å². The number of likely N-dealkylation sites (N-methyl/N-ethyl adjacent to an activating group) is 1. The second-order valence-electron chi connectivity index (χ2n) is 9.14. The molecule has 0 unspecified atom stereocenters. The van der Waals surface area contributed by atoms with E-state index in [0.29, 0.717) is 5.41 Å². The number of aliphatic imine (C=N–C) groups is 1. The summed E-state index contributed by atoms with van der Waals surface area (Å²) in [5.74, 6) is 1.76. The van der Waals surface area contributed by atoms with Crippen LogP contribution < -0.4 is 10.6 Å². The Kier molecular flexibility index (Phi) is 13.0. The molecule has 1 aliphatic carbocycles. The molecule has 1 aliphatic heterocycles. The fourth-order valence-corrected chi connectivity index (χ4v) is 4.93. The molecule has 0 amide bonds. The summed E-state index contributed by atoms with van der Waals surface area (Å²) >= 11 is 0. The first-order chi connectivity index (χ1) is 13.1. The lowest BCUT2D eigenvalue weighted by atomic mass is 9.78. The molecular formula is C22H46IN5. The van der Waals surface area contributed by atoms with Crippen molar-refractivity contribution in [1.29, 1.82) is 0 Å². The molecule has 5 nitrogen and oxygen atoms in total. The van der Waals surface area contributed by atoms with Crippen molar-refractivity contribution < 1.29 is 0 Å². The molecule has 1 heterocycles. The highest BCUT2D eigenvalue weighted by molar-refractivity contribution is 14.0. The third-order valence-corrected chi connectivity index (χ3v) is 6.47. The number of hydrogen-bond donors (Lipinski definition) is 2. The average molecular weight is 508 g/mol. The van der Waals surface area contributed by atoms with Crippen molar-refractivity contribution >= 4 is 29.9 Å². The van der Waals surface area contributed by atoms with Crippen LogP contribution in [0, 0.1) is 11.3 Å². The molecule has 0 radical (unpaired) electrons. The molecule has 2 rings (SSSR count). The normalized spacial score (nSPS) is 21.0. The minimum atomic E-state index is 0. The minimum absolute atomic E-state index is 0. The number of rotatable bonds is 10. The number of halogens is 1. The Bertz CT molecular complexity index is 427. The van der Waals surface area contributed by atoms with E-state index in [0.717, 1.165) is 25.0 Å². The summed E-state index contributed by atoms with van der Waals surface area (Å²) < 4.78 is 0. The van der Waals surface area contributed by atoms with Crippen LogP contribution in [-0.4, -0.2) is 75.2 Å². The predicted molar refractivity (Wildman–Crippen MR) is 133 cm³/mol. The van der Waals surface area contributed by atoms with Gasteiger partial charge in [0.05, 0.1) is 0 Å². The average Bonchev–Trinajstić information content (AvgIpc) is 3.12. The van der Waals surface area contributed by atoms with Gasteiger partial charge >= 0.3 is 0 Å². The molecule has 6 heteroatoms. The summed E-state index contributed by atoms with van der Waals surface area (Å²) in [6, 6.07) is 0. The van der Waals surface area contributed by atoms with Crippen LogP contribution in [0.2, 0.25) is 0 Å². The predicted octanol–water partition coefficient (Wildman–Crippen LogP) is 3.79. The van der Waals surface area contributed by atoms with Crippen LogP contribution in [0.25, 0.3) is 0 Å². The lowest BCUT2D eigenvalue weighted by Crippen LogP contribution is -2.46. The van der Waals surface area contributed by atoms with Crippen molar-refractivity contribution in [3.8, 4) is 0 Å². The first-order valence-electron chi connectivity index (χ1n) is 11.5. The maximum Gasteiger partial charge on any atom is 0.190 e. The Labute approximate surface area is 191 Å². The number of piperazine rings is 1. The Hall–Kier alpha value is -0.0800. The largest absolute Gasteiger partial charge is 0.356 e. The van der Waals surface area contributed by atoms with Crippen molar-refractivity contribution in [2.75, 3.05) is 59.4 Å². The van der Waals surface area contributed by atoms with E-state index in [1.165, 1.54) is 84.2 Å². The standard InChI is InChI=1S/C22H45N5.HI/c1-5-26-14-16-27(17-15-26)13-9-8-12-24-21(23-4)25-19-22(18-20(2)3)10-6-7-11-22;/h20H,5-19H2,1-4H3,(H2,23,24,25);1H. The molecule has 1 saturated heterocycles. The van der Waals surface area contributed by atoms with Gasteiger partial charge in [-0.15, -0.1) is 24.0 Å². The number of nitrogens with one attached hydrogen (secondary N) is 2. The van der Waals surface area contributed by atoms with E-state index in [9.17, 15) is 0 Å². The van der Waals surface area contributed by atoms with Crippen molar-refractivity contribution in [3.05, 3.63) is 0 Å². The van der Waals surface area contributed by atoms with Gasteiger partial charge in [0, 0.05) is 46.3 Å². The minimum Gasteiger partial charge on any atom is -0.356 e. The van der Waals surface area contributed by atoms with E-state index >= 15 is 0 Å². The summed E-state index contributed by atoms with van der Waals surface area (Å²) in [7, 11) is 1.90. The van der Waals surface area contributed by atoms with Gasteiger partial charge in [0.25, 0.3) is 0 Å². The maximum atomic E-state index is 4.44. The van der Waals surface area contributed by atoms with Gasteiger partial charge in [0.15, 0.2) is 5.96 Å². The number of hydrogen-bond acceptors (Lipinski definition) is 3. The quantitative estimate of drug-likeness (QED) is 0.204. The number of nitrogens with zero attached hydrogens (tertiary/aromatic N) is 3. The van der Waals surface area contributed by atoms with Crippen molar-refractivity contribution in [2.24, 2.45) is 16.3 Å². The first kappa shape index (κ1) is 26.0. The van der Waals surface area contributed by atoms with E-state index in [2.05, 4.69) is 46.2 Å². The van der Waals surface area contributed by atoms with Gasteiger partial charge in [0.2, 0.25) is 0 Å². The zero-order valence-corrected chi connectivity index (χ0v) is 21.3. The lowest BCUT2D eigenvalue weighted by molar-refractivity contribution is 0.136. The Balaban J connectivity index is 0.00000392. The third kappa shape index (κ3) is 9.16. The van der Waals surface area contributed by atoms with Crippen LogP contribution in [0.4, 0.5) is 0 Å². The van der Waals surface area contributed by atoms with E-state index < -0.39 is 0 Å². The second-order valence-corrected chi connectivity index (χ2v) is 9.14. The highest BCUT2D eigenvalue weighted by Crippen LogP contribution is 2.42. The van der Waals surface area contributed by atoms with Crippen LogP contribution in [0.3, 0.4) is 0 Å². The maximum absolute atomic E-state index is 4.44. The Morgan fingerprint density at radius 2 is 1.64 bits per heavy atom. The molecule has 0 aromatic heterocycles. The Morgan fingerprint density at radius 1 is 1.00 bits per heavy atom. The molecule has 2 fully saturated rings. The molecule has 2 aliphatic rings. The molecule has 1 saturated carbocycles. The van der Waals surface area contributed by atoms with Crippen LogP contribution in [0.1, 0.15) is 65.7 Å². The van der Waals surface area contributed by atoms with E-state index in [1.54, 1.807) is 0 Å². The molecule has 0 bridgehead atoms. The molecule has 0 atom stereocenters. The van der Waals surface area contributed by atoms with E-state index in [1.807, 2.05) is 7.05 Å². The van der Waals surface area contributed by atoms with Gasteiger partial charge in [-0.3, -0.25) is 4.99 Å². The zero-order chi connectivity index (χ0) is 19.5. The topological polar surface area (TPSA) is 42.9 Å². The van der Waals surface area contributed by atoms with Gasteiger partial charge in [-0.2, -0.15) is 0 Å². The summed E-state index contributed by atoms with van der Waals surface area (Å²) in [5.41, 5.74) is 0.492. The van der Waals surface area contributed by atoms with Gasteiger partial charge in [-0.25, -0.2) is 0 Å². The van der Waals surface area contributed by atoms with Crippen LogP contribution in [0.15, 0.2) is 4.99 Å². The van der Waals surface area contributed by atoms with Crippen molar-refractivity contribution in [3.63, 3.8) is 0 Å². The monoisotopic (exact) mass is 507 g/mol. The fourth-order valence-electron chi connectivity index (χ4n) is 4.93. The first-order valence-corrected chi connectivity index (χ1v) is 11.5. The summed E-state index contributed by atoms with van der Waals surface area (Å²) in [6.07, 6.45) is 9.36.